The van der Waals surface area contributed by atoms with Crippen LogP contribution in [0, 0.1) is 5.92 Å². The molecule has 5 nitrogen and oxygen atoms in total. The smallest absolute Gasteiger partial charge is 0.337 e. The Morgan fingerprint density at radius 2 is 2.12 bits per heavy atom. The molecule has 6 heteroatoms. The van der Waals surface area contributed by atoms with E-state index in [4.69, 9.17) is 4.74 Å². The average molecular weight is 364 g/mol. The molecule has 1 saturated heterocycles. The Labute approximate surface area is 155 Å². The first-order chi connectivity index (χ1) is 12.0. The van der Waals surface area contributed by atoms with E-state index < -0.39 is 0 Å². The molecule has 1 aromatic rings. The third-order valence-electron chi connectivity index (χ3n) is 4.42. The molecular formula is C19H29N3O2S. The van der Waals surface area contributed by atoms with Gasteiger partial charge in [0.05, 0.1) is 12.7 Å². The van der Waals surface area contributed by atoms with Gasteiger partial charge < -0.3 is 15.0 Å². The molecule has 0 amide bonds. The van der Waals surface area contributed by atoms with Crippen molar-refractivity contribution >= 4 is 23.7 Å². The molecule has 138 valence electrons. The molecule has 0 aromatic heterocycles. The number of nitrogens with one attached hydrogen (secondary N) is 1. The predicted octanol–water partition coefficient (Wildman–Crippen LogP) is 2.66. The third kappa shape index (κ3) is 5.66. The highest BCUT2D eigenvalue weighted by molar-refractivity contribution is 8.00. The van der Waals surface area contributed by atoms with Gasteiger partial charge in [-0.15, -0.1) is 0 Å². The summed E-state index contributed by atoms with van der Waals surface area (Å²) in [6.07, 6.45) is 0.886. The Morgan fingerprint density at radius 3 is 2.72 bits per heavy atom. The van der Waals surface area contributed by atoms with Gasteiger partial charge in [-0.05, 0) is 30.0 Å². The van der Waals surface area contributed by atoms with Crippen molar-refractivity contribution in [1.29, 1.82) is 0 Å². The van der Waals surface area contributed by atoms with Crippen molar-refractivity contribution in [2.75, 3.05) is 39.5 Å². The van der Waals surface area contributed by atoms with E-state index in [0.717, 1.165) is 37.8 Å². The maximum Gasteiger partial charge on any atom is 0.337 e. The summed E-state index contributed by atoms with van der Waals surface area (Å²) in [4.78, 5) is 18.3. The number of nitrogens with zero attached hydrogens (tertiary/aromatic N) is 2. The largest absolute Gasteiger partial charge is 0.465 e. The molecule has 0 saturated carbocycles. The monoisotopic (exact) mass is 363 g/mol. The van der Waals surface area contributed by atoms with Crippen molar-refractivity contribution < 1.29 is 9.53 Å². The number of hydrogen-bond acceptors (Lipinski definition) is 4. The quantitative estimate of drug-likeness (QED) is 0.495. The number of methoxy groups -OCH3 is 1. The van der Waals surface area contributed by atoms with Gasteiger partial charge in [0.2, 0.25) is 0 Å². The minimum Gasteiger partial charge on any atom is -0.465 e. The van der Waals surface area contributed by atoms with Crippen LogP contribution in [0.25, 0.3) is 0 Å². The molecular weight excluding hydrogens is 334 g/mol. The van der Waals surface area contributed by atoms with Crippen molar-refractivity contribution in [2.24, 2.45) is 10.9 Å². The number of rotatable bonds is 5. The van der Waals surface area contributed by atoms with Gasteiger partial charge in [0.15, 0.2) is 5.96 Å². The molecule has 1 heterocycles. The molecule has 1 fully saturated rings. The van der Waals surface area contributed by atoms with Gasteiger partial charge in [0, 0.05) is 37.7 Å². The van der Waals surface area contributed by atoms with E-state index in [-0.39, 0.29) is 5.97 Å². The topological polar surface area (TPSA) is 53.9 Å². The lowest BCUT2D eigenvalue weighted by Gasteiger charge is -2.36. The lowest BCUT2D eigenvalue weighted by molar-refractivity contribution is 0.0600. The van der Waals surface area contributed by atoms with Crippen LogP contribution in [0.2, 0.25) is 0 Å². The van der Waals surface area contributed by atoms with Crippen molar-refractivity contribution in [3.8, 4) is 0 Å². The zero-order chi connectivity index (χ0) is 18.2. The summed E-state index contributed by atoms with van der Waals surface area (Å²) < 4.78 is 4.72. The van der Waals surface area contributed by atoms with Gasteiger partial charge in [0.25, 0.3) is 0 Å². The molecule has 1 atom stereocenters. The molecule has 0 radical (unpaired) electrons. The molecule has 0 bridgehead atoms. The van der Waals surface area contributed by atoms with Gasteiger partial charge >= 0.3 is 5.97 Å². The standard InChI is InChI=1S/C19H29N3O2S/c1-14(2)17-13-22(11-12-25-17)19(20-3)21-10-9-15-5-7-16(8-6-15)18(23)24-4/h5-8,14,17H,9-13H2,1-4H3,(H,20,21). The number of esters is 1. The zero-order valence-corrected chi connectivity index (χ0v) is 16.4. The van der Waals surface area contributed by atoms with Crippen LogP contribution < -0.4 is 5.32 Å². The number of carbonyl (C=O) groups is 1. The summed E-state index contributed by atoms with van der Waals surface area (Å²) in [7, 11) is 3.24. The van der Waals surface area contributed by atoms with Crippen LogP contribution in [0.4, 0.5) is 0 Å². The van der Waals surface area contributed by atoms with Crippen molar-refractivity contribution in [1.82, 2.24) is 10.2 Å². The van der Waals surface area contributed by atoms with Crippen molar-refractivity contribution in [3.63, 3.8) is 0 Å². The van der Waals surface area contributed by atoms with E-state index >= 15 is 0 Å². The molecule has 25 heavy (non-hydrogen) atoms. The Hall–Kier alpha value is -1.69. The maximum absolute atomic E-state index is 11.5. The number of guanidine groups is 1. The minimum atomic E-state index is -0.298. The fraction of sp³-hybridized carbons (Fsp3) is 0.579. The normalized spacial score (nSPS) is 18.4. The Morgan fingerprint density at radius 1 is 1.40 bits per heavy atom. The molecule has 0 spiro atoms. The minimum absolute atomic E-state index is 0.298. The number of carbonyl (C=O) groups excluding carboxylic acids is 1. The number of hydrogen-bond donors (Lipinski definition) is 1. The van der Waals surface area contributed by atoms with Gasteiger partial charge in [-0.2, -0.15) is 11.8 Å². The molecule has 1 aliphatic rings. The average Bonchev–Trinajstić information content (AvgIpc) is 2.65. The zero-order valence-electron chi connectivity index (χ0n) is 15.6. The summed E-state index contributed by atoms with van der Waals surface area (Å²) in [6.45, 7) is 7.49. The first kappa shape index (κ1) is 19.6. The van der Waals surface area contributed by atoms with Gasteiger partial charge in [0.1, 0.15) is 0 Å². The van der Waals surface area contributed by atoms with E-state index in [1.165, 1.54) is 12.7 Å². The van der Waals surface area contributed by atoms with Crippen LogP contribution in [0.15, 0.2) is 29.3 Å². The molecule has 2 rings (SSSR count). The summed E-state index contributed by atoms with van der Waals surface area (Å²) in [6, 6.07) is 7.57. The number of aliphatic imine (C=N–C) groups is 1. The summed E-state index contributed by atoms with van der Waals surface area (Å²) in [5.41, 5.74) is 1.77. The highest BCUT2D eigenvalue weighted by atomic mass is 32.2. The molecule has 1 aliphatic heterocycles. The fourth-order valence-corrected chi connectivity index (χ4v) is 4.15. The second-order valence-corrected chi connectivity index (χ2v) is 7.86. The number of ether oxygens (including phenoxy) is 1. The van der Waals surface area contributed by atoms with Gasteiger partial charge in [-0.25, -0.2) is 4.79 Å². The Kier molecular flexibility index (Phi) is 7.62. The number of benzene rings is 1. The van der Waals surface area contributed by atoms with Crippen LogP contribution in [0.5, 0.6) is 0 Å². The summed E-state index contributed by atoms with van der Waals surface area (Å²) in [5, 5.41) is 4.14. The SMILES string of the molecule is CN=C(NCCc1ccc(C(=O)OC)cc1)N1CCSC(C(C)C)C1. The van der Waals surface area contributed by atoms with E-state index in [9.17, 15) is 4.79 Å². The van der Waals surface area contributed by atoms with Crippen LogP contribution >= 0.6 is 11.8 Å². The van der Waals surface area contributed by atoms with Crippen LogP contribution in [0.1, 0.15) is 29.8 Å². The third-order valence-corrected chi connectivity index (χ3v) is 5.96. The van der Waals surface area contributed by atoms with Crippen LogP contribution in [0.3, 0.4) is 0 Å². The second kappa shape index (κ2) is 9.70. The molecule has 1 N–H and O–H groups in total. The van der Waals surface area contributed by atoms with E-state index in [1.54, 1.807) is 0 Å². The Bertz CT molecular complexity index is 587. The van der Waals surface area contributed by atoms with Gasteiger partial charge in [-0.3, -0.25) is 4.99 Å². The van der Waals surface area contributed by atoms with Gasteiger partial charge in [-0.1, -0.05) is 26.0 Å². The predicted molar refractivity (Wildman–Crippen MR) is 106 cm³/mol. The van der Waals surface area contributed by atoms with E-state index in [0.29, 0.717) is 16.7 Å². The summed E-state index contributed by atoms with van der Waals surface area (Å²) in [5.74, 6) is 2.52. The first-order valence-corrected chi connectivity index (χ1v) is 9.84. The lowest BCUT2D eigenvalue weighted by Crippen LogP contribution is -2.49. The Balaban J connectivity index is 1.84. The first-order valence-electron chi connectivity index (χ1n) is 8.79. The highest BCUT2D eigenvalue weighted by Gasteiger charge is 2.24. The molecule has 1 unspecified atom stereocenters. The van der Waals surface area contributed by atoms with Crippen LogP contribution in [-0.4, -0.2) is 61.6 Å². The maximum atomic E-state index is 11.5. The van der Waals surface area contributed by atoms with Crippen molar-refractivity contribution in [2.45, 2.75) is 25.5 Å². The van der Waals surface area contributed by atoms with Crippen molar-refractivity contribution in [3.05, 3.63) is 35.4 Å². The fourth-order valence-electron chi connectivity index (χ4n) is 2.85. The lowest BCUT2D eigenvalue weighted by atomic mass is 10.1. The van der Waals surface area contributed by atoms with E-state index in [1.807, 2.05) is 31.3 Å². The number of thioether (sulfide) groups is 1. The second-order valence-electron chi connectivity index (χ2n) is 6.51. The van der Waals surface area contributed by atoms with E-state index in [2.05, 4.69) is 40.8 Å². The molecule has 0 aliphatic carbocycles. The van der Waals surface area contributed by atoms with Crippen LogP contribution in [-0.2, 0) is 11.2 Å². The molecule has 1 aromatic carbocycles. The summed E-state index contributed by atoms with van der Waals surface area (Å²) >= 11 is 2.07. The highest BCUT2D eigenvalue weighted by Crippen LogP contribution is 2.24.